The van der Waals surface area contributed by atoms with Gasteiger partial charge < -0.3 is 5.32 Å². The second-order valence-electron chi connectivity index (χ2n) is 6.44. The Hall–Kier alpha value is -2.53. The second-order valence-corrected chi connectivity index (χ2v) is 10.7. The number of nitrogens with zero attached hydrogens (tertiary/aromatic N) is 4. The highest BCUT2D eigenvalue weighted by atomic mass is 35.5. The molecule has 11 heteroatoms. The summed E-state index contributed by atoms with van der Waals surface area (Å²) in [7, 11) is -3.90. The van der Waals surface area contributed by atoms with Gasteiger partial charge in [0.25, 0.3) is 0 Å². The van der Waals surface area contributed by atoms with Gasteiger partial charge in [-0.2, -0.15) is 4.52 Å². The first kappa shape index (κ1) is 19.4. The monoisotopic (exact) mass is 475 g/mol. The molecule has 0 aliphatic carbocycles. The Morgan fingerprint density at radius 2 is 1.90 bits per heavy atom. The van der Waals surface area contributed by atoms with Crippen molar-refractivity contribution in [1.29, 1.82) is 0 Å². The van der Waals surface area contributed by atoms with Crippen LogP contribution in [0.3, 0.4) is 0 Å². The number of hydrogen-bond donors (Lipinski definition) is 1. The van der Waals surface area contributed by atoms with Crippen molar-refractivity contribution in [2.45, 2.75) is 16.3 Å². The van der Waals surface area contributed by atoms with Crippen LogP contribution in [0.2, 0.25) is 5.02 Å². The lowest BCUT2D eigenvalue weighted by atomic mass is 10.3. The number of anilines is 1. The van der Waals surface area contributed by atoms with Crippen LogP contribution >= 0.6 is 34.3 Å². The van der Waals surface area contributed by atoms with Gasteiger partial charge in [-0.1, -0.05) is 22.9 Å². The van der Waals surface area contributed by atoms with E-state index in [1.165, 1.54) is 45.0 Å². The van der Waals surface area contributed by atoms with Gasteiger partial charge >= 0.3 is 0 Å². The van der Waals surface area contributed by atoms with Crippen molar-refractivity contribution in [1.82, 2.24) is 19.8 Å². The van der Waals surface area contributed by atoms with E-state index in [0.717, 1.165) is 16.6 Å². The molecule has 7 nitrogen and oxygen atoms in total. The van der Waals surface area contributed by atoms with Gasteiger partial charge in [0.2, 0.25) is 14.9 Å². The number of hydrogen-bond acceptors (Lipinski definition) is 8. The number of nitrogens with one attached hydrogen (secondary N) is 1. The minimum absolute atomic E-state index is 0.0914. The van der Waals surface area contributed by atoms with Crippen molar-refractivity contribution in [3.63, 3.8) is 0 Å². The van der Waals surface area contributed by atoms with E-state index in [1.807, 2.05) is 22.9 Å². The molecule has 5 aromatic rings. The maximum atomic E-state index is 13.2. The van der Waals surface area contributed by atoms with Crippen molar-refractivity contribution in [3.8, 4) is 0 Å². The lowest BCUT2D eigenvalue weighted by molar-refractivity contribution is 0.592. The predicted octanol–water partition coefficient (Wildman–Crippen LogP) is 4.54. The van der Waals surface area contributed by atoms with E-state index in [1.54, 1.807) is 11.3 Å². The molecule has 0 bridgehead atoms. The summed E-state index contributed by atoms with van der Waals surface area (Å²) in [6.07, 6.45) is 0.852. The first-order valence-corrected chi connectivity index (χ1v) is 12.6. The van der Waals surface area contributed by atoms with E-state index >= 15 is 0 Å². The predicted molar refractivity (Wildman–Crippen MR) is 120 cm³/mol. The summed E-state index contributed by atoms with van der Waals surface area (Å²) in [6, 6.07) is 11.9. The van der Waals surface area contributed by atoms with Crippen LogP contribution in [0, 0.1) is 0 Å². The third-order valence-corrected chi connectivity index (χ3v) is 8.31. The minimum Gasteiger partial charge on any atom is -0.368 e. The summed E-state index contributed by atoms with van der Waals surface area (Å²) in [5, 5.41) is 15.6. The Bertz CT molecular complexity index is 1440. The topological polar surface area (TPSA) is 89.2 Å². The molecule has 0 saturated heterocycles. The number of benzene rings is 1. The molecule has 0 atom stereocenters. The molecule has 0 radical (unpaired) electrons. The summed E-state index contributed by atoms with van der Waals surface area (Å²) in [5.74, 6) is 0.624. The van der Waals surface area contributed by atoms with Crippen molar-refractivity contribution >= 4 is 65.8 Å². The number of fused-ring (bicyclic) bond motifs is 3. The van der Waals surface area contributed by atoms with Crippen LogP contribution in [0.5, 0.6) is 0 Å². The Kier molecular flexibility index (Phi) is 4.94. The highest BCUT2D eigenvalue weighted by Crippen LogP contribution is 2.31. The third kappa shape index (κ3) is 3.35. The first-order valence-electron chi connectivity index (χ1n) is 8.93. The quantitative estimate of drug-likeness (QED) is 0.387. The molecule has 1 aromatic carbocycles. The van der Waals surface area contributed by atoms with Crippen LogP contribution in [-0.4, -0.2) is 34.8 Å². The Morgan fingerprint density at radius 1 is 1.07 bits per heavy atom. The molecule has 152 valence electrons. The molecule has 4 heterocycles. The van der Waals surface area contributed by atoms with Gasteiger partial charge in [-0.3, -0.25) is 0 Å². The number of rotatable bonds is 6. The van der Waals surface area contributed by atoms with Crippen LogP contribution in [0.4, 0.5) is 5.82 Å². The molecule has 0 amide bonds. The number of thiophene rings is 2. The van der Waals surface area contributed by atoms with Crippen molar-refractivity contribution in [2.75, 3.05) is 11.9 Å². The lowest BCUT2D eigenvalue weighted by Gasteiger charge is -2.08. The number of aromatic nitrogens is 4. The summed E-state index contributed by atoms with van der Waals surface area (Å²) in [4.78, 5) is 5.96. The Morgan fingerprint density at radius 3 is 2.67 bits per heavy atom. The van der Waals surface area contributed by atoms with Gasteiger partial charge in [0.15, 0.2) is 5.65 Å². The normalized spacial score (nSPS) is 12.0. The van der Waals surface area contributed by atoms with Crippen LogP contribution in [0.25, 0.3) is 15.9 Å². The maximum Gasteiger partial charge on any atom is 0.229 e. The zero-order valence-electron chi connectivity index (χ0n) is 15.3. The fraction of sp³-hybridized carbons (Fsp3) is 0.105. The van der Waals surface area contributed by atoms with Crippen molar-refractivity contribution in [2.24, 2.45) is 0 Å². The van der Waals surface area contributed by atoms with Gasteiger partial charge in [0.05, 0.1) is 15.1 Å². The number of halogens is 1. The van der Waals surface area contributed by atoms with E-state index in [2.05, 4.69) is 26.7 Å². The van der Waals surface area contributed by atoms with Crippen molar-refractivity contribution in [3.05, 3.63) is 63.1 Å². The Labute approximate surface area is 184 Å². The van der Waals surface area contributed by atoms with Crippen LogP contribution in [-0.2, 0) is 16.3 Å². The average Bonchev–Trinajstić information content (AvgIpc) is 3.48. The van der Waals surface area contributed by atoms with E-state index in [0.29, 0.717) is 17.4 Å². The van der Waals surface area contributed by atoms with Gasteiger partial charge in [0.1, 0.15) is 5.82 Å². The lowest BCUT2D eigenvalue weighted by Crippen LogP contribution is -2.08. The first-order chi connectivity index (χ1) is 14.5. The van der Waals surface area contributed by atoms with E-state index in [9.17, 15) is 8.42 Å². The zero-order chi connectivity index (χ0) is 20.7. The molecule has 4 aromatic heterocycles. The largest absolute Gasteiger partial charge is 0.368 e. The second kappa shape index (κ2) is 7.62. The fourth-order valence-corrected chi connectivity index (χ4v) is 6.01. The maximum absolute atomic E-state index is 13.2. The van der Waals surface area contributed by atoms with E-state index in [-0.39, 0.29) is 15.6 Å². The third-order valence-electron chi connectivity index (χ3n) is 4.54. The minimum atomic E-state index is -3.90. The molecule has 0 fully saturated rings. The van der Waals surface area contributed by atoms with Crippen LogP contribution in [0.15, 0.2) is 63.1 Å². The molecule has 0 unspecified atom stereocenters. The molecule has 1 N–H and O–H groups in total. The summed E-state index contributed by atoms with van der Waals surface area (Å²) in [6.45, 7) is 0.678. The van der Waals surface area contributed by atoms with E-state index < -0.39 is 9.84 Å². The molecule has 0 aliphatic rings. The summed E-state index contributed by atoms with van der Waals surface area (Å²) < 4.78 is 28.7. The van der Waals surface area contributed by atoms with Crippen molar-refractivity contribution < 1.29 is 8.42 Å². The summed E-state index contributed by atoms with van der Waals surface area (Å²) >= 11 is 9.11. The number of sulfone groups is 1. The van der Waals surface area contributed by atoms with Gasteiger partial charge in [0, 0.05) is 16.4 Å². The smallest absolute Gasteiger partial charge is 0.229 e. The van der Waals surface area contributed by atoms with Gasteiger partial charge in [-0.15, -0.1) is 27.8 Å². The molecular formula is C19H14ClN5O2S3. The molecule has 0 spiro atoms. The van der Waals surface area contributed by atoms with E-state index in [4.69, 9.17) is 11.6 Å². The standard InChI is InChI=1S/C19H14ClN5O2S3/c20-12-3-5-14(6-4-12)30(26,27)19-18-22-17(21-9-7-13-2-1-10-28-13)16-15(8-11-29-16)25(18)24-23-19/h1-6,8,10-11H,7,9H2,(H,21,22). The highest BCUT2D eigenvalue weighted by molar-refractivity contribution is 7.91. The molecule has 0 saturated carbocycles. The molecule has 0 aliphatic heterocycles. The molecular weight excluding hydrogens is 462 g/mol. The SMILES string of the molecule is O=S(=O)(c1ccc(Cl)cc1)c1nnn2c1nc(NCCc1cccs1)c1sccc12. The average molecular weight is 476 g/mol. The molecule has 5 rings (SSSR count). The van der Waals surface area contributed by atoms with Gasteiger partial charge in [-0.05, 0) is 53.6 Å². The van der Waals surface area contributed by atoms with Crippen LogP contribution in [0.1, 0.15) is 4.88 Å². The van der Waals surface area contributed by atoms with Gasteiger partial charge in [-0.25, -0.2) is 13.4 Å². The Balaban J connectivity index is 1.58. The summed E-state index contributed by atoms with van der Waals surface area (Å²) in [5.41, 5.74) is 0.947. The fourth-order valence-electron chi connectivity index (χ4n) is 3.10. The highest BCUT2D eigenvalue weighted by Gasteiger charge is 2.27. The van der Waals surface area contributed by atoms with Crippen LogP contribution < -0.4 is 5.32 Å². The zero-order valence-corrected chi connectivity index (χ0v) is 18.5. The molecule has 30 heavy (non-hydrogen) atoms.